The van der Waals surface area contributed by atoms with Crippen molar-refractivity contribution in [3.8, 4) is 11.5 Å². The lowest BCUT2D eigenvalue weighted by atomic mass is 10.0. The average molecular weight is 572 g/mol. The van der Waals surface area contributed by atoms with E-state index in [4.69, 9.17) is 14.2 Å². The molecular weight excluding hydrogens is 538 g/mol. The second kappa shape index (κ2) is 13.6. The molecule has 1 aliphatic rings. The minimum Gasteiger partial charge on any atom is -0.493 e. The van der Waals surface area contributed by atoms with Gasteiger partial charge in [0, 0.05) is 33.2 Å². The highest BCUT2D eigenvalue weighted by atomic mass is 127. The molecule has 33 heavy (non-hydrogen) atoms. The molecule has 1 saturated heterocycles. The predicted octanol–water partition coefficient (Wildman–Crippen LogP) is 3.51. The van der Waals surface area contributed by atoms with Crippen molar-refractivity contribution >= 4 is 29.9 Å². The van der Waals surface area contributed by atoms with Crippen molar-refractivity contribution in [1.82, 2.24) is 15.5 Å². The summed E-state index contributed by atoms with van der Waals surface area (Å²) in [5.74, 6) is 1.90. The van der Waals surface area contributed by atoms with Gasteiger partial charge in [0.1, 0.15) is 5.82 Å². The lowest BCUT2D eigenvalue weighted by Crippen LogP contribution is -2.46. The van der Waals surface area contributed by atoms with Gasteiger partial charge in [-0.05, 0) is 41.8 Å². The summed E-state index contributed by atoms with van der Waals surface area (Å²) in [5, 5.41) is 6.75. The van der Waals surface area contributed by atoms with Crippen molar-refractivity contribution in [2.75, 3.05) is 54.1 Å². The van der Waals surface area contributed by atoms with Crippen LogP contribution in [0.25, 0.3) is 0 Å². The molecule has 0 amide bonds. The maximum Gasteiger partial charge on any atom is 0.191 e. The van der Waals surface area contributed by atoms with Crippen molar-refractivity contribution < 1.29 is 18.6 Å². The molecule has 0 aliphatic carbocycles. The van der Waals surface area contributed by atoms with Crippen LogP contribution in [0.2, 0.25) is 0 Å². The van der Waals surface area contributed by atoms with E-state index >= 15 is 0 Å². The number of hydrogen-bond donors (Lipinski definition) is 2. The van der Waals surface area contributed by atoms with Crippen LogP contribution in [0.5, 0.6) is 11.5 Å². The summed E-state index contributed by atoms with van der Waals surface area (Å²) in [6.07, 6.45) is 0. The molecule has 0 radical (unpaired) electrons. The van der Waals surface area contributed by atoms with Crippen LogP contribution in [0.4, 0.5) is 4.39 Å². The summed E-state index contributed by atoms with van der Waals surface area (Å²) in [4.78, 5) is 6.74. The number of guanidine groups is 1. The normalized spacial score (nSPS) is 15.4. The fourth-order valence-corrected chi connectivity index (χ4v) is 3.82. The molecule has 2 aromatic rings. The van der Waals surface area contributed by atoms with Gasteiger partial charge in [-0.1, -0.05) is 18.2 Å². The van der Waals surface area contributed by atoms with E-state index in [2.05, 4.69) is 26.6 Å². The highest BCUT2D eigenvalue weighted by molar-refractivity contribution is 14.0. The maximum absolute atomic E-state index is 13.5. The number of nitrogens with one attached hydrogen (secondary N) is 2. The van der Waals surface area contributed by atoms with Crippen molar-refractivity contribution in [2.24, 2.45) is 4.99 Å². The summed E-state index contributed by atoms with van der Waals surface area (Å²) in [6, 6.07) is 11.3. The number of benzene rings is 2. The largest absolute Gasteiger partial charge is 0.493 e. The third-order valence-electron chi connectivity index (χ3n) is 5.65. The number of methoxy groups -OCH3 is 2. The highest BCUT2D eigenvalue weighted by Gasteiger charge is 2.24. The number of ether oxygens (including phenoxy) is 3. The zero-order valence-electron chi connectivity index (χ0n) is 19.7. The van der Waals surface area contributed by atoms with Gasteiger partial charge in [-0.2, -0.15) is 0 Å². The maximum atomic E-state index is 13.5. The summed E-state index contributed by atoms with van der Waals surface area (Å²) in [7, 11) is 5.02. The summed E-state index contributed by atoms with van der Waals surface area (Å²) >= 11 is 0. The van der Waals surface area contributed by atoms with Gasteiger partial charge in [-0.15, -0.1) is 24.0 Å². The number of aliphatic imine (C=N–C) groups is 1. The smallest absolute Gasteiger partial charge is 0.191 e. The second-order valence-corrected chi connectivity index (χ2v) is 7.67. The number of nitrogens with zero attached hydrogens (tertiary/aromatic N) is 2. The molecule has 0 aromatic heterocycles. The van der Waals surface area contributed by atoms with Crippen molar-refractivity contribution in [3.05, 3.63) is 58.9 Å². The molecule has 3 rings (SSSR count). The molecule has 9 heteroatoms. The Bertz CT molecular complexity index is 923. The van der Waals surface area contributed by atoms with E-state index in [1.165, 1.54) is 6.07 Å². The van der Waals surface area contributed by atoms with Gasteiger partial charge >= 0.3 is 0 Å². The number of hydrogen-bond acceptors (Lipinski definition) is 5. The zero-order valence-corrected chi connectivity index (χ0v) is 22.0. The Morgan fingerprint density at radius 1 is 1.09 bits per heavy atom. The Labute approximate surface area is 212 Å². The molecule has 2 aromatic carbocycles. The molecule has 1 fully saturated rings. The first-order chi connectivity index (χ1) is 15.5. The SMILES string of the molecule is CN=C(NCc1ccc(F)c(C)c1)NCC(c1ccc(OC)c(OC)c1)N1CCOCC1.I. The number of halogens is 2. The van der Waals surface area contributed by atoms with E-state index in [1.54, 1.807) is 34.3 Å². The molecule has 1 aliphatic heterocycles. The van der Waals surface area contributed by atoms with Gasteiger partial charge in [0.05, 0.1) is 33.5 Å². The Balaban J connectivity index is 0.00000385. The molecule has 1 unspecified atom stereocenters. The Hall–Kier alpha value is -2.11. The molecule has 0 saturated carbocycles. The van der Waals surface area contributed by atoms with Crippen molar-refractivity contribution in [1.29, 1.82) is 0 Å². The van der Waals surface area contributed by atoms with Crippen LogP contribution in [-0.2, 0) is 11.3 Å². The van der Waals surface area contributed by atoms with Crippen LogP contribution in [0.3, 0.4) is 0 Å². The standard InChI is InChI=1S/C24H33FN4O3.HI/c1-17-13-18(5-7-20(17)25)15-27-24(26-2)28-16-21(29-9-11-32-12-10-29)19-6-8-22(30-3)23(14-19)31-4;/h5-8,13-14,21H,9-12,15-16H2,1-4H3,(H2,26,27,28);1H. The molecule has 0 spiro atoms. The van der Waals surface area contributed by atoms with Crippen LogP contribution in [-0.4, -0.2) is 65.0 Å². The Kier molecular flexibility index (Phi) is 11.2. The third-order valence-corrected chi connectivity index (χ3v) is 5.65. The van der Waals surface area contributed by atoms with Gasteiger partial charge in [-0.3, -0.25) is 9.89 Å². The van der Waals surface area contributed by atoms with E-state index < -0.39 is 0 Å². The minimum absolute atomic E-state index is 0. The van der Waals surface area contributed by atoms with E-state index in [-0.39, 0.29) is 35.8 Å². The van der Waals surface area contributed by atoms with Crippen molar-refractivity contribution in [2.45, 2.75) is 19.5 Å². The van der Waals surface area contributed by atoms with Gasteiger partial charge < -0.3 is 24.8 Å². The highest BCUT2D eigenvalue weighted by Crippen LogP contribution is 2.32. The first kappa shape index (κ1) is 27.1. The quantitative estimate of drug-likeness (QED) is 0.287. The molecule has 182 valence electrons. The molecular formula is C24H34FIN4O3. The van der Waals surface area contributed by atoms with E-state index in [0.717, 1.165) is 24.2 Å². The van der Waals surface area contributed by atoms with Crippen LogP contribution in [0.15, 0.2) is 41.4 Å². The average Bonchev–Trinajstić information content (AvgIpc) is 2.83. The minimum atomic E-state index is -0.195. The van der Waals surface area contributed by atoms with E-state index in [0.29, 0.717) is 49.3 Å². The second-order valence-electron chi connectivity index (χ2n) is 7.67. The Morgan fingerprint density at radius 3 is 2.45 bits per heavy atom. The van der Waals surface area contributed by atoms with Crippen LogP contribution < -0.4 is 20.1 Å². The summed E-state index contributed by atoms with van der Waals surface area (Å²) < 4.78 is 30.0. The van der Waals surface area contributed by atoms with Gasteiger partial charge in [-0.25, -0.2) is 4.39 Å². The Morgan fingerprint density at radius 2 is 1.82 bits per heavy atom. The first-order valence-corrected chi connectivity index (χ1v) is 10.8. The van der Waals surface area contributed by atoms with E-state index in [9.17, 15) is 4.39 Å². The first-order valence-electron chi connectivity index (χ1n) is 10.8. The topological polar surface area (TPSA) is 67.4 Å². The number of morpholine rings is 1. The monoisotopic (exact) mass is 572 g/mol. The molecule has 7 nitrogen and oxygen atoms in total. The molecule has 1 atom stereocenters. The van der Waals surface area contributed by atoms with Crippen LogP contribution in [0, 0.1) is 12.7 Å². The van der Waals surface area contributed by atoms with Crippen LogP contribution >= 0.6 is 24.0 Å². The van der Waals surface area contributed by atoms with Gasteiger partial charge in [0.2, 0.25) is 0 Å². The zero-order chi connectivity index (χ0) is 22.9. The third kappa shape index (κ3) is 7.44. The van der Waals surface area contributed by atoms with Crippen molar-refractivity contribution in [3.63, 3.8) is 0 Å². The molecule has 0 bridgehead atoms. The van der Waals surface area contributed by atoms with Gasteiger partial charge in [0.25, 0.3) is 0 Å². The lowest BCUT2D eigenvalue weighted by Gasteiger charge is -2.35. The van der Waals surface area contributed by atoms with E-state index in [1.807, 2.05) is 18.2 Å². The van der Waals surface area contributed by atoms with Gasteiger partial charge in [0.15, 0.2) is 17.5 Å². The lowest BCUT2D eigenvalue weighted by molar-refractivity contribution is 0.0169. The fraction of sp³-hybridized carbons (Fsp3) is 0.458. The molecule has 1 heterocycles. The van der Waals surface area contributed by atoms with Crippen LogP contribution in [0.1, 0.15) is 22.7 Å². The fourth-order valence-electron chi connectivity index (χ4n) is 3.82. The summed E-state index contributed by atoms with van der Waals surface area (Å²) in [5.41, 5.74) is 2.76. The predicted molar refractivity (Wildman–Crippen MR) is 139 cm³/mol. The summed E-state index contributed by atoms with van der Waals surface area (Å²) in [6.45, 7) is 6.09. The number of rotatable bonds is 8. The molecule has 2 N–H and O–H groups in total. The number of aryl methyl sites for hydroxylation is 1.